The highest BCUT2D eigenvalue weighted by molar-refractivity contribution is 6.11. The van der Waals surface area contributed by atoms with Gasteiger partial charge >= 0.3 is 5.69 Å². The number of aryl methyl sites for hydroxylation is 2. The number of halogens is 2. The molecular formula is C49H61F2N11O4. The fraction of sp³-hybridized carbons (Fsp3) is 0.510. The van der Waals surface area contributed by atoms with Gasteiger partial charge in [-0.05, 0) is 93.4 Å². The molecule has 5 N–H and O–H groups in total. The van der Waals surface area contributed by atoms with Gasteiger partial charge in [-0.2, -0.15) is 0 Å². The highest BCUT2D eigenvalue weighted by atomic mass is 19.3. The van der Waals surface area contributed by atoms with Crippen molar-refractivity contribution in [2.45, 2.75) is 83.2 Å². The van der Waals surface area contributed by atoms with Crippen LogP contribution in [0.4, 0.5) is 14.5 Å². The second-order valence-corrected chi connectivity index (χ2v) is 18.2. The minimum atomic E-state index is -2.77. The number of nitrogens with zero attached hydrogens (tertiary/aromatic N) is 6. The van der Waals surface area contributed by atoms with Gasteiger partial charge in [-0.1, -0.05) is 17.9 Å². The number of allylic oxidation sites excluding steroid dienone is 1. The first-order valence-corrected chi connectivity index (χ1v) is 23.3. The Kier molecular flexibility index (Phi) is 14.2. The maximum Gasteiger partial charge on any atom is 0.329 e. The van der Waals surface area contributed by atoms with Crippen molar-refractivity contribution in [1.29, 1.82) is 10.8 Å². The van der Waals surface area contributed by atoms with Crippen molar-refractivity contribution in [3.63, 3.8) is 0 Å². The second-order valence-electron chi connectivity index (χ2n) is 18.2. The number of amidine groups is 1. The van der Waals surface area contributed by atoms with Crippen molar-refractivity contribution in [1.82, 2.24) is 39.8 Å². The lowest BCUT2D eigenvalue weighted by Gasteiger charge is -2.39. The van der Waals surface area contributed by atoms with Crippen LogP contribution in [-0.4, -0.2) is 126 Å². The van der Waals surface area contributed by atoms with Crippen LogP contribution in [0.25, 0.3) is 16.6 Å². The minimum absolute atomic E-state index is 0.0626. The summed E-state index contributed by atoms with van der Waals surface area (Å²) in [5.41, 5.74) is 5.38. The topological polar surface area (TPSA) is 175 Å². The maximum absolute atomic E-state index is 14.6. The standard InChI is InChI=1S/C49H61F2N11O4/c1-31(63)60-23-17-40(39(30-60)47(53)61-18-5-7-34-26-37(35(28-52)29-54-2)38(46(50)51)27-43(34)61)55-36-15-21-59(22-16-36)25-24-58-19-13-32(14-20-58)9-10-33-6-4-8-41-45(33)57(3)49(66)62(41)42-11-12-44(64)56-48(42)65/h4,6,8,26-29,32,36,42,46,52-55H,5,7,11-25,30H2,1-3H3,(H,56,64,65)/b35-29+,52-28?,53-47?. The van der Waals surface area contributed by atoms with Crippen LogP contribution in [0.3, 0.4) is 0 Å². The van der Waals surface area contributed by atoms with E-state index in [-0.39, 0.29) is 60.2 Å². The van der Waals surface area contributed by atoms with E-state index in [2.05, 4.69) is 37.6 Å². The van der Waals surface area contributed by atoms with E-state index in [0.29, 0.717) is 53.8 Å². The Bertz CT molecular complexity index is 2590. The summed E-state index contributed by atoms with van der Waals surface area (Å²) < 4.78 is 32.2. The van der Waals surface area contributed by atoms with Gasteiger partial charge in [-0.15, -0.1) is 0 Å². The van der Waals surface area contributed by atoms with Crippen LogP contribution >= 0.6 is 0 Å². The van der Waals surface area contributed by atoms with Gasteiger partial charge in [0.05, 0.1) is 23.1 Å². The third-order valence-corrected chi connectivity index (χ3v) is 14.0. The predicted molar refractivity (Wildman–Crippen MR) is 252 cm³/mol. The molecule has 1 atom stereocenters. The number of benzene rings is 2. The van der Waals surface area contributed by atoms with Gasteiger partial charge in [0.15, 0.2) is 0 Å². The number of imide groups is 1. The molecule has 3 saturated heterocycles. The zero-order valence-electron chi connectivity index (χ0n) is 38.2. The smallest absolute Gasteiger partial charge is 0.329 e. The lowest BCUT2D eigenvalue weighted by molar-refractivity contribution is -0.135. The second kappa shape index (κ2) is 20.2. The van der Waals surface area contributed by atoms with Crippen molar-refractivity contribution in [3.05, 3.63) is 80.5 Å². The number of carbonyl (C=O) groups is 3. The zero-order valence-corrected chi connectivity index (χ0v) is 38.2. The Morgan fingerprint density at radius 2 is 1.70 bits per heavy atom. The van der Waals surface area contributed by atoms with Gasteiger partial charge < -0.3 is 35.6 Å². The van der Waals surface area contributed by atoms with Crippen molar-refractivity contribution in [3.8, 4) is 11.8 Å². The molecule has 0 saturated carbocycles. The summed E-state index contributed by atoms with van der Waals surface area (Å²) in [5, 5.41) is 26.4. The van der Waals surface area contributed by atoms with Crippen LogP contribution in [0.5, 0.6) is 0 Å². The maximum atomic E-state index is 14.6. The SMILES string of the molecule is CN/C=C(\C=N)c1cc2c(cc1C(F)F)N(C(=N)C1=C(NC3CCN(CCN4CCC(C#Cc5cccc6c5n(C)c(=O)n6C5CCC(=O)NC5=O)CC4)CC3)CCN(C(C)=O)C1)CCC2. The van der Waals surface area contributed by atoms with Crippen LogP contribution in [0.2, 0.25) is 0 Å². The molecule has 0 radical (unpaired) electrons. The van der Waals surface area contributed by atoms with Gasteiger partial charge in [-0.3, -0.25) is 34.2 Å². The zero-order chi connectivity index (χ0) is 46.6. The molecule has 0 bridgehead atoms. The summed E-state index contributed by atoms with van der Waals surface area (Å²) in [4.78, 5) is 59.0. The number of likely N-dealkylation sites (tertiary alicyclic amines) is 2. The summed E-state index contributed by atoms with van der Waals surface area (Å²) in [6, 6.07) is 8.30. The van der Waals surface area contributed by atoms with E-state index in [9.17, 15) is 33.4 Å². The van der Waals surface area contributed by atoms with Crippen LogP contribution < -0.4 is 26.5 Å². The molecule has 5 aliphatic rings. The Balaban J connectivity index is 0.863. The highest BCUT2D eigenvalue weighted by Crippen LogP contribution is 2.38. The highest BCUT2D eigenvalue weighted by Gasteiger charge is 2.34. The number of alkyl halides is 2. The quantitative estimate of drug-likeness (QED) is 0.0803. The lowest BCUT2D eigenvalue weighted by Crippen LogP contribution is -2.48. The number of carbonyl (C=O) groups excluding carboxylic acids is 3. The summed E-state index contributed by atoms with van der Waals surface area (Å²) in [5.74, 6) is 6.47. The molecule has 66 heavy (non-hydrogen) atoms. The molecule has 15 nitrogen and oxygen atoms in total. The summed E-state index contributed by atoms with van der Waals surface area (Å²) in [7, 11) is 3.36. The van der Waals surface area contributed by atoms with Crippen LogP contribution in [0.15, 0.2) is 52.6 Å². The van der Waals surface area contributed by atoms with Gasteiger partial charge in [0, 0.05) is 126 Å². The molecule has 3 aromatic rings. The Morgan fingerprint density at radius 3 is 2.36 bits per heavy atom. The lowest BCUT2D eigenvalue weighted by atomic mass is 9.91. The summed E-state index contributed by atoms with van der Waals surface area (Å²) in [6.45, 7) is 8.61. The number of fused-ring (bicyclic) bond motifs is 2. The number of hydrogen-bond donors (Lipinski definition) is 5. The summed E-state index contributed by atoms with van der Waals surface area (Å²) >= 11 is 0. The van der Waals surface area contributed by atoms with E-state index in [0.717, 1.165) is 100.0 Å². The molecule has 3 amide bonds. The number of para-hydroxylation sites is 1. The molecule has 8 rings (SSSR count). The van der Waals surface area contributed by atoms with Crippen LogP contribution in [-0.2, 0) is 27.9 Å². The molecule has 0 spiro atoms. The van der Waals surface area contributed by atoms with Gasteiger partial charge in [-0.25, -0.2) is 13.6 Å². The van der Waals surface area contributed by atoms with E-state index in [1.807, 2.05) is 23.1 Å². The molecule has 1 unspecified atom stereocenters. The number of rotatable bonds is 11. The Labute approximate surface area is 384 Å². The molecule has 5 aliphatic heterocycles. The molecule has 0 aliphatic carbocycles. The number of hydrogen-bond acceptors (Lipinski definition) is 10. The molecule has 6 heterocycles. The number of nitrogens with one attached hydrogen (secondary N) is 5. The minimum Gasteiger partial charge on any atom is -0.393 e. The predicted octanol–water partition coefficient (Wildman–Crippen LogP) is 4.52. The largest absolute Gasteiger partial charge is 0.393 e. The number of imidazole rings is 1. The third-order valence-electron chi connectivity index (χ3n) is 14.0. The van der Waals surface area contributed by atoms with Gasteiger partial charge in [0.25, 0.3) is 6.43 Å². The average Bonchev–Trinajstić information content (AvgIpc) is 3.57. The van der Waals surface area contributed by atoms with E-state index < -0.39 is 18.4 Å². The van der Waals surface area contributed by atoms with Crippen molar-refractivity contribution in [2.75, 3.05) is 70.9 Å². The van der Waals surface area contributed by atoms with Crippen LogP contribution in [0, 0.1) is 28.6 Å². The van der Waals surface area contributed by atoms with Crippen molar-refractivity contribution in [2.24, 2.45) is 13.0 Å². The molecule has 3 fully saturated rings. The molecule has 2 aromatic carbocycles. The number of anilines is 1. The van der Waals surface area contributed by atoms with E-state index in [1.54, 1.807) is 42.8 Å². The summed E-state index contributed by atoms with van der Waals surface area (Å²) in [6.07, 6.45) is 6.11. The first-order valence-electron chi connectivity index (χ1n) is 23.3. The van der Waals surface area contributed by atoms with Crippen LogP contribution in [0.1, 0.15) is 93.0 Å². The normalized spacial score (nSPS) is 20.6. The molecule has 17 heteroatoms. The monoisotopic (exact) mass is 905 g/mol. The average molecular weight is 906 g/mol. The first kappa shape index (κ1) is 46.4. The third kappa shape index (κ3) is 9.71. The molecule has 1 aromatic heterocycles. The van der Waals surface area contributed by atoms with E-state index in [4.69, 9.17) is 5.41 Å². The first-order chi connectivity index (χ1) is 31.8. The Hall–Kier alpha value is -6.12. The molecule has 350 valence electrons. The van der Waals surface area contributed by atoms with E-state index in [1.165, 1.54) is 10.6 Å². The van der Waals surface area contributed by atoms with Gasteiger partial charge in [0.1, 0.15) is 11.9 Å². The number of piperidine rings is 3. The van der Waals surface area contributed by atoms with E-state index >= 15 is 0 Å². The Morgan fingerprint density at radius 1 is 0.970 bits per heavy atom. The van der Waals surface area contributed by atoms with Gasteiger partial charge in [0.2, 0.25) is 17.7 Å². The fourth-order valence-corrected chi connectivity index (χ4v) is 10.3. The number of aromatic nitrogens is 2. The van der Waals surface area contributed by atoms with Crippen molar-refractivity contribution < 1.29 is 23.2 Å². The van der Waals surface area contributed by atoms with Crippen molar-refractivity contribution >= 4 is 52.1 Å². The number of amides is 3. The fourth-order valence-electron chi connectivity index (χ4n) is 10.3. The molecular weight excluding hydrogens is 845 g/mol.